The molecule has 3 heterocycles. The molecule has 0 amide bonds. The maximum Gasteiger partial charge on any atom is 0.435 e. The lowest BCUT2D eigenvalue weighted by molar-refractivity contribution is -0.142. The number of aryl methyl sites for hydroxylation is 4. The molecular formula is C17H18F6N6. The Kier molecular flexibility index (Phi) is 8.22. The Morgan fingerprint density at radius 1 is 0.759 bits per heavy atom. The fourth-order valence-corrected chi connectivity index (χ4v) is 1.96. The minimum atomic E-state index is -4.37. The van der Waals surface area contributed by atoms with Crippen molar-refractivity contribution in [3.8, 4) is 0 Å². The number of hydrogen-bond acceptors (Lipinski definition) is 5. The van der Waals surface area contributed by atoms with Crippen LogP contribution in [0.3, 0.4) is 0 Å². The van der Waals surface area contributed by atoms with Crippen molar-refractivity contribution >= 4 is 0 Å². The van der Waals surface area contributed by atoms with E-state index in [2.05, 4.69) is 25.0 Å². The van der Waals surface area contributed by atoms with E-state index in [0.717, 1.165) is 22.9 Å². The second-order valence-electron chi connectivity index (χ2n) is 5.73. The van der Waals surface area contributed by atoms with E-state index in [1.54, 1.807) is 18.6 Å². The predicted octanol–water partition coefficient (Wildman–Crippen LogP) is 4.34. The van der Waals surface area contributed by atoms with Gasteiger partial charge in [-0.05, 0) is 31.9 Å². The van der Waals surface area contributed by atoms with E-state index in [9.17, 15) is 26.3 Å². The van der Waals surface area contributed by atoms with Crippen LogP contribution in [-0.2, 0) is 19.4 Å². The van der Waals surface area contributed by atoms with E-state index in [-0.39, 0.29) is 11.1 Å². The van der Waals surface area contributed by atoms with Crippen molar-refractivity contribution in [2.24, 2.45) is 7.05 Å². The highest BCUT2D eigenvalue weighted by Crippen LogP contribution is 2.30. The van der Waals surface area contributed by atoms with Gasteiger partial charge in [0.05, 0.1) is 5.69 Å². The summed E-state index contributed by atoms with van der Waals surface area (Å²) in [6.45, 7) is 4.62. The van der Waals surface area contributed by atoms with Crippen molar-refractivity contribution < 1.29 is 26.3 Å². The number of nitrogens with zero attached hydrogens (tertiary/aromatic N) is 6. The minimum Gasteiger partial charge on any atom is -0.275 e. The van der Waals surface area contributed by atoms with Crippen molar-refractivity contribution in [2.75, 3.05) is 0 Å². The van der Waals surface area contributed by atoms with Crippen LogP contribution in [0.5, 0.6) is 0 Å². The molecular weight excluding hydrogens is 402 g/mol. The Labute approximate surface area is 162 Å². The highest BCUT2D eigenvalue weighted by atomic mass is 19.4. The van der Waals surface area contributed by atoms with E-state index in [0.29, 0.717) is 0 Å². The van der Waals surface area contributed by atoms with Crippen LogP contribution < -0.4 is 0 Å². The molecule has 0 spiro atoms. The lowest BCUT2D eigenvalue weighted by atomic mass is 10.2. The lowest BCUT2D eigenvalue weighted by Crippen LogP contribution is -2.10. The molecule has 0 unspecified atom stereocenters. The summed E-state index contributed by atoms with van der Waals surface area (Å²) >= 11 is 0. The zero-order valence-electron chi connectivity index (χ0n) is 15.9. The van der Waals surface area contributed by atoms with Crippen LogP contribution in [0.15, 0.2) is 37.3 Å². The predicted molar refractivity (Wildman–Crippen MR) is 91.5 cm³/mol. The molecule has 0 bridgehead atoms. The Hall–Kier alpha value is -3.05. The molecule has 0 radical (unpaired) electrons. The molecule has 0 aliphatic carbocycles. The number of rotatable bonds is 0. The van der Waals surface area contributed by atoms with Crippen molar-refractivity contribution in [3.05, 3.63) is 65.5 Å². The standard InChI is InChI=1S/C6H7F3N2.C6H5F3N2.C5H6N2/c1-4-3-11(2)10-5(4)6(7,8)9;1-4-2-10-3-11-5(4)6(7,8)9;1-5-4-6-2-3-7-5/h3H,1-2H3;2-3H,1H3;2-4H,1H3. The molecule has 0 N–H and O–H groups in total. The van der Waals surface area contributed by atoms with Crippen LogP contribution in [-0.4, -0.2) is 29.7 Å². The maximum atomic E-state index is 12.0. The van der Waals surface area contributed by atoms with Crippen molar-refractivity contribution in [3.63, 3.8) is 0 Å². The molecule has 0 saturated carbocycles. The molecule has 0 aromatic carbocycles. The molecule has 3 rings (SSSR count). The molecule has 0 atom stereocenters. The minimum absolute atomic E-state index is 0.0417. The van der Waals surface area contributed by atoms with Gasteiger partial charge in [0.25, 0.3) is 0 Å². The maximum absolute atomic E-state index is 12.0. The van der Waals surface area contributed by atoms with Gasteiger partial charge < -0.3 is 0 Å². The molecule has 0 aliphatic heterocycles. The van der Waals surface area contributed by atoms with Gasteiger partial charge in [0.15, 0.2) is 11.4 Å². The van der Waals surface area contributed by atoms with Gasteiger partial charge in [-0.2, -0.15) is 31.4 Å². The Balaban J connectivity index is 0.000000223. The molecule has 158 valence electrons. The summed E-state index contributed by atoms with van der Waals surface area (Å²) in [7, 11) is 1.46. The van der Waals surface area contributed by atoms with Crippen LogP contribution in [0.4, 0.5) is 26.3 Å². The van der Waals surface area contributed by atoms with Crippen molar-refractivity contribution in [2.45, 2.75) is 33.1 Å². The first-order chi connectivity index (χ1) is 13.3. The van der Waals surface area contributed by atoms with E-state index in [1.165, 1.54) is 27.1 Å². The monoisotopic (exact) mass is 420 g/mol. The van der Waals surface area contributed by atoms with Gasteiger partial charge >= 0.3 is 12.4 Å². The number of alkyl halides is 6. The summed E-state index contributed by atoms with van der Waals surface area (Å²) in [5.74, 6) is 0. The topological polar surface area (TPSA) is 69.4 Å². The van der Waals surface area contributed by atoms with Crippen molar-refractivity contribution in [1.82, 2.24) is 29.7 Å². The SMILES string of the molecule is Cc1cn(C)nc1C(F)(F)F.Cc1cnccn1.Cc1cncnc1C(F)(F)F. The molecule has 0 fully saturated rings. The second kappa shape index (κ2) is 9.94. The van der Waals surface area contributed by atoms with Crippen LogP contribution in [0.2, 0.25) is 0 Å². The van der Waals surface area contributed by atoms with E-state index < -0.39 is 23.7 Å². The second-order valence-corrected chi connectivity index (χ2v) is 5.73. The summed E-state index contributed by atoms with van der Waals surface area (Å²) in [6.07, 6.45) is -0.283. The van der Waals surface area contributed by atoms with Crippen molar-refractivity contribution in [1.29, 1.82) is 0 Å². The Morgan fingerprint density at radius 2 is 1.38 bits per heavy atom. The van der Waals surface area contributed by atoms with E-state index in [4.69, 9.17) is 0 Å². The lowest BCUT2D eigenvalue weighted by Gasteiger charge is -2.06. The van der Waals surface area contributed by atoms with Gasteiger partial charge in [0, 0.05) is 38.0 Å². The summed E-state index contributed by atoms with van der Waals surface area (Å²) in [4.78, 5) is 14.3. The Bertz CT molecular complexity index is 889. The molecule has 3 aromatic heterocycles. The molecule has 0 aliphatic rings. The third-order valence-electron chi connectivity index (χ3n) is 3.14. The van der Waals surface area contributed by atoms with Gasteiger partial charge in [0.1, 0.15) is 6.33 Å². The molecule has 6 nitrogen and oxygen atoms in total. The molecule has 0 saturated heterocycles. The van der Waals surface area contributed by atoms with Crippen LogP contribution in [0.1, 0.15) is 28.2 Å². The quantitative estimate of drug-likeness (QED) is 0.506. The fourth-order valence-electron chi connectivity index (χ4n) is 1.96. The zero-order valence-corrected chi connectivity index (χ0v) is 15.9. The largest absolute Gasteiger partial charge is 0.435 e. The Morgan fingerprint density at radius 3 is 1.66 bits per heavy atom. The smallest absolute Gasteiger partial charge is 0.275 e. The summed E-state index contributed by atoms with van der Waals surface area (Å²) in [5.41, 5.74) is -0.519. The number of hydrogen-bond donors (Lipinski definition) is 0. The summed E-state index contributed by atoms with van der Waals surface area (Å²) in [6, 6.07) is 0. The van der Waals surface area contributed by atoms with Gasteiger partial charge in [-0.25, -0.2) is 9.97 Å². The highest BCUT2D eigenvalue weighted by molar-refractivity contribution is 5.17. The van der Waals surface area contributed by atoms with Crippen LogP contribution in [0.25, 0.3) is 0 Å². The summed E-state index contributed by atoms with van der Waals surface area (Å²) in [5, 5.41) is 3.27. The first kappa shape index (κ1) is 24.0. The van der Waals surface area contributed by atoms with Gasteiger partial charge in [-0.3, -0.25) is 14.6 Å². The third-order valence-corrected chi connectivity index (χ3v) is 3.14. The van der Waals surface area contributed by atoms with E-state index >= 15 is 0 Å². The summed E-state index contributed by atoms with van der Waals surface area (Å²) < 4.78 is 73.0. The van der Waals surface area contributed by atoms with Gasteiger partial charge in [0.2, 0.25) is 0 Å². The van der Waals surface area contributed by atoms with Crippen LogP contribution in [0, 0.1) is 20.8 Å². The normalized spacial score (nSPS) is 11.1. The molecule has 29 heavy (non-hydrogen) atoms. The van der Waals surface area contributed by atoms with Gasteiger partial charge in [-0.1, -0.05) is 0 Å². The third kappa shape index (κ3) is 8.23. The van der Waals surface area contributed by atoms with E-state index in [1.807, 2.05) is 6.92 Å². The first-order valence-electron chi connectivity index (χ1n) is 7.96. The molecule has 12 heteroatoms. The number of halogens is 6. The first-order valence-corrected chi connectivity index (χ1v) is 7.96. The average Bonchev–Trinajstić information content (AvgIpc) is 2.95. The fraction of sp³-hybridized carbons (Fsp3) is 0.353. The number of aromatic nitrogens is 6. The molecule has 3 aromatic rings. The van der Waals surface area contributed by atoms with Crippen LogP contribution >= 0.6 is 0 Å². The average molecular weight is 420 g/mol. The van der Waals surface area contributed by atoms with Gasteiger partial charge in [-0.15, -0.1) is 0 Å². The zero-order chi connectivity index (χ0) is 22.2. The highest BCUT2D eigenvalue weighted by Gasteiger charge is 2.35.